The summed E-state index contributed by atoms with van der Waals surface area (Å²) in [5.74, 6) is 0. The van der Waals surface area contributed by atoms with Gasteiger partial charge in [-0.2, -0.15) is 0 Å². The standard InChI is InChI=1S/C9H16N2.C4H10.C2H6/c1-3-11-5-4-8(2)9(6-10)7-11;1-3-4-2;1-2/h6,10H,3-5,7H2,1-2H3;3-4H2,1-2H3;1-2H3. The van der Waals surface area contributed by atoms with Gasteiger partial charge in [-0.25, -0.2) is 0 Å². The molecule has 0 saturated heterocycles. The van der Waals surface area contributed by atoms with E-state index in [-0.39, 0.29) is 0 Å². The van der Waals surface area contributed by atoms with E-state index in [1.165, 1.54) is 36.7 Å². The number of unbranched alkanes of at least 4 members (excludes halogenated alkanes) is 1. The Hall–Kier alpha value is -0.630. The van der Waals surface area contributed by atoms with Crippen molar-refractivity contribution in [2.24, 2.45) is 0 Å². The molecule has 1 N–H and O–H groups in total. The molecule has 1 rings (SSSR count). The van der Waals surface area contributed by atoms with E-state index in [4.69, 9.17) is 5.41 Å². The van der Waals surface area contributed by atoms with Gasteiger partial charge in [0.1, 0.15) is 0 Å². The first kappa shape index (κ1) is 18.7. The first-order valence-corrected chi connectivity index (χ1v) is 7.10. The molecule has 0 aromatic carbocycles. The normalized spacial score (nSPS) is 15.4. The SMILES string of the molecule is CC.CCCC.CCN1CCC(C)=C(C=N)C1. The largest absolute Gasteiger partial charge is 0.308 e. The molecule has 0 bridgehead atoms. The first-order valence-electron chi connectivity index (χ1n) is 7.10. The van der Waals surface area contributed by atoms with Crippen LogP contribution < -0.4 is 0 Å². The maximum atomic E-state index is 7.18. The third kappa shape index (κ3) is 9.11. The summed E-state index contributed by atoms with van der Waals surface area (Å²) in [7, 11) is 0. The van der Waals surface area contributed by atoms with Crippen LogP contribution in [-0.4, -0.2) is 30.7 Å². The van der Waals surface area contributed by atoms with Crippen LogP contribution in [0, 0.1) is 5.41 Å². The molecule has 102 valence electrons. The quantitative estimate of drug-likeness (QED) is 0.722. The number of hydrogen-bond acceptors (Lipinski definition) is 2. The minimum Gasteiger partial charge on any atom is -0.308 e. The fourth-order valence-electron chi connectivity index (χ4n) is 1.38. The summed E-state index contributed by atoms with van der Waals surface area (Å²) in [5.41, 5.74) is 2.60. The number of hydrogen-bond donors (Lipinski definition) is 1. The summed E-state index contributed by atoms with van der Waals surface area (Å²) in [6.45, 7) is 15.9. The summed E-state index contributed by atoms with van der Waals surface area (Å²) in [6.07, 6.45) is 5.27. The maximum absolute atomic E-state index is 7.18. The molecule has 0 atom stereocenters. The zero-order chi connectivity index (χ0) is 13.7. The molecule has 1 heterocycles. The molecule has 0 aliphatic carbocycles. The third-order valence-corrected chi connectivity index (χ3v) is 2.87. The zero-order valence-electron chi connectivity index (χ0n) is 12.8. The van der Waals surface area contributed by atoms with Crippen LogP contribution in [-0.2, 0) is 0 Å². The van der Waals surface area contributed by atoms with E-state index < -0.39 is 0 Å². The Balaban J connectivity index is 0. The van der Waals surface area contributed by atoms with Crippen molar-refractivity contribution in [3.05, 3.63) is 11.1 Å². The third-order valence-electron chi connectivity index (χ3n) is 2.87. The van der Waals surface area contributed by atoms with Crippen molar-refractivity contribution in [3.63, 3.8) is 0 Å². The minimum absolute atomic E-state index is 0.978. The highest BCUT2D eigenvalue weighted by Crippen LogP contribution is 2.14. The highest BCUT2D eigenvalue weighted by molar-refractivity contribution is 5.77. The van der Waals surface area contributed by atoms with Crippen LogP contribution in [0.15, 0.2) is 11.1 Å². The molecule has 0 aromatic rings. The Morgan fingerprint density at radius 2 is 1.71 bits per heavy atom. The molecule has 2 heteroatoms. The topological polar surface area (TPSA) is 27.1 Å². The van der Waals surface area contributed by atoms with E-state index >= 15 is 0 Å². The minimum atomic E-state index is 0.978. The van der Waals surface area contributed by atoms with Crippen molar-refractivity contribution in [2.45, 2.75) is 60.8 Å². The van der Waals surface area contributed by atoms with Crippen molar-refractivity contribution in [1.29, 1.82) is 5.41 Å². The second-order valence-corrected chi connectivity index (χ2v) is 4.07. The van der Waals surface area contributed by atoms with Gasteiger partial charge in [0.15, 0.2) is 0 Å². The Bertz CT molecular complexity index is 205. The number of rotatable bonds is 3. The fraction of sp³-hybridized carbons (Fsp3) is 0.800. The molecule has 2 nitrogen and oxygen atoms in total. The molecule has 0 amide bonds. The van der Waals surface area contributed by atoms with Crippen LogP contribution in [0.4, 0.5) is 0 Å². The molecular weight excluding hydrogens is 208 g/mol. The lowest BCUT2D eigenvalue weighted by Crippen LogP contribution is -2.31. The van der Waals surface area contributed by atoms with Gasteiger partial charge in [-0.1, -0.05) is 53.0 Å². The molecule has 1 aliphatic heterocycles. The Morgan fingerprint density at radius 3 is 2.06 bits per heavy atom. The van der Waals surface area contributed by atoms with Gasteiger partial charge in [-0.15, -0.1) is 0 Å². The smallest absolute Gasteiger partial charge is 0.0248 e. The lowest BCUT2D eigenvalue weighted by atomic mass is 10.0. The van der Waals surface area contributed by atoms with E-state index in [1.807, 2.05) is 13.8 Å². The summed E-state index contributed by atoms with van der Waals surface area (Å²) in [4.78, 5) is 2.37. The van der Waals surface area contributed by atoms with Gasteiger partial charge in [0.2, 0.25) is 0 Å². The van der Waals surface area contributed by atoms with Crippen molar-refractivity contribution in [1.82, 2.24) is 4.90 Å². The zero-order valence-corrected chi connectivity index (χ0v) is 12.8. The van der Waals surface area contributed by atoms with Gasteiger partial charge < -0.3 is 5.41 Å². The highest BCUT2D eigenvalue weighted by atomic mass is 15.1. The van der Waals surface area contributed by atoms with Crippen LogP contribution in [0.5, 0.6) is 0 Å². The molecule has 17 heavy (non-hydrogen) atoms. The maximum Gasteiger partial charge on any atom is 0.0248 e. The van der Waals surface area contributed by atoms with Crippen molar-refractivity contribution in [2.75, 3.05) is 19.6 Å². The average Bonchev–Trinajstić information content (AvgIpc) is 2.42. The lowest BCUT2D eigenvalue weighted by molar-refractivity contribution is 0.306. The van der Waals surface area contributed by atoms with Gasteiger partial charge in [0, 0.05) is 19.3 Å². The second kappa shape index (κ2) is 13.4. The number of nitrogens with one attached hydrogen (secondary N) is 1. The van der Waals surface area contributed by atoms with Gasteiger partial charge in [-0.3, -0.25) is 4.90 Å². The first-order chi connectivity index (χ1) is 8.19. The lowest BCUT2D eigenvalue weighted by Gasteiger charge is -2.26. The predicted molar refractivity (Wildman–Crippen MR) is 80.1 cm³/mol. The molecule has 0 unspecified atom stereocenters. The molecule has 0 fully saturated rings. The average molecular weight is 240 g/mol. The predicted octanol–water partition coefficient (Wildman–Crippen LogP) is 4.51. The van der Waals surface area contributed by atoms with E-state index in [2.05, 4.69) is 32.6 Å². The highest BCUT2D eigenvalue weighted by Gasteiger charge is 2.12. The van der Waals surface area contributed by atoms with Crippen LogP contribution >= 0.6 is 0 Å². The summed E-state index contributed by atoms with van der Waals surface area (Å²) in [5, 5.41) is 7.18. The monoisotopic (exact) mass is 240 g/mol. The molecule has 0 saturated carbocycles. The van der Waals surface area contributed by atoms with Crippen molar-refractivity contribution >= 4 is 6.21 Å². The summed E-state index contributed by atoms with van der Waals surface area (Å²) >= 11 is 0. The second-order valence-electron chi connectivity index (χ2n) is 4.07. The molecule has 0 spiro atoms. The number of nitrogens with zero attached hydrogens (tertiary/aromatic N) is 1. The van der Waals surface area contributed by atoms with Crippen LogP contribution in [0.2, 0.25) is 0 Å². The van der Waals surface area contributed by atoms with Crippen molar-refractivity contribution < 1.29 is 0 Å². The molecule has 0 aromatic heterocycles. The van der Waals surface area contributed by atoms with E-state index in [9.17, 15) is 0 Å². The number of likely N-dealkylation sites (N-methyl/N-ethyl adjacent to an activating group) is 1. The molecule has 0 radical (unpaired) electrons. The van der Waals surface area contributed by atoms with Gasteiger partial charge in [0.25, 0.3) is 0 Å². The summed E-state index contributed by atoms with van der Waals surface area (Å²) in [6, 6.07) is 0. The van der Waals surface area contributed by atoms with Crippen molar-refractivity contribution in [3.8, 4) is 0 Å². The van der Waals surface area contributed by atoms with Gasteiger partial charge in [0.05, 0.1) is 0 Å². The van der Waals surface area contributed by atoms with Crippen LogP contribution in [0.25, 0.3) is 0 Å². The van der Waals surface area contributed by atoms with Crippen LogP contribution in [0.1, 0.15) is 60.8 Å². The molecular formula is C15H32N2. The van der Waals surface area contributed by atoms with Gasteiger partial charge in [-0.05, 0) is 25.5 Å². The Labute approximate surface area is 109 Å². The van der Waals surface area contributed by atoms with Gasteiger partial charge >= 0.3 is 0 Å². The Morgan fingerprint density at radius 1 is 1.18 bits per heavy atom. The van der Waals surface area contributed by atoms with E-state index in [0.717, 1.165) is 19.5 Å². The van der Waals surface area contributed by atoms with E-state index in [1.54, 1.807) is 0 Å². The summed E-state index contributed by atoms with van der Waals surface area (Å²) < 4.78 is 0. The molecule has 1 aliphatic rings. The Kier molecular flexibility index (Phi) is 14.8. The van der Waals surface area contributed by atoms with Crippen LogP contribution in [0.3, 0.4) is 0 Å². The van der Waals surface area contributed by atoms with E-state index in [0.29, 0.717) is 0 Å². The fourth-order valence-corrected chi connectivity index (χ4v) is 1.38.